The zero-order chi connectivity index (χ0) is 15.5. The summed E-state index contributed by atoms with van der Waals surface area (Å²) >= 11 is 0. The molecule has 0 aliphatic carbocycles. The number of ether oxygens (including phenoxy) is 1. The second kappa shape index (κ2) is 7.01. The average Bonchev–Trinajstić information content (AvgIpc) is 3.02. The van der Waals surface area contributed by atoms with Gasteiger partial charge in [-0.1, -0.05) is 13.8 Å². The fraction of sp³-hybridized carbons (Fsp3) is 0.867. The molecular formula is C15H30N4OS. The Hall–Kier alpha value is -0.750. The first-order chi connectivity index (χ1) is 9.87. The molecule has 1 fully saturated rings. The molecule has 2 rings (SSSR count). The van der Waals surface area contributed by atoms with E-state index >= 15 is 0 Å². The molecule has 0 unspecified atom stereocenters. The van der Waals surface area contributed by atoms with Crippen LogP contribution < -0.4 is 4.90 Å². The lowest BCUT2D eigenvalue weighted by molar-refractivity contribution is 0.0813. The van der Waals surface area contributed by atoms with Crippen molar-refractivity contribution < 1.29 is 4.74 Å². The SMILES string of the molecule is CC(C)c1nc(N2CCCC2)n(COCCS(C)(C)C)n1. The van der Waals surface area contributed by atoms with E-state index in [9.17, 15) is 0 Å². The zero-order valence-electron chi connectivity index (χ0n) is 14.1. The third kappa shape index (κ3) is 4.88. The van der Waals surface area contributed by atoms with E-state index in [1.165, 1.54) is 12.8 Å². The highest BCUT2D eigenvalue weighted by Crippen LogP contribution is 2.33. The Morgan fingerprint density at radius 3 is 2.43 bits per heavy atom. The molecule has 5 nitrogen and oxygen atoms in total. The Balaban J connectivity index is 1.99. The van der Waals surface area contributed by atoms with Crippen LogP contribution in [0.1, 0.15) is 38.4 Å². The van der Waals surface area contributed by atoms with Crippen molar-refractivity contribution in [3.8, 4) is 0 Å². The average molecular weight is 314 g/mol. The first kappa shape index (κ1) is 16.6. The lowest BCUT2D eigenvalue weighted by atomic mass is 10.2. The number of rotatable bonds is 7. The van der Waals surface area contributed by atoms with Crippen LogP contribution in [0, 0.1) is 0 Å². The van der Waals surface area contributed by atoms with Crippen LogP contribution in [0.25, 0.3) is 0 Å². The Bertz CT molecular complexity index is 447. The Morgan fingerprint density at radius 1 is 1.19 bits per heavy atom. The number of aromatic nitrogens is 3. The summed E-state index contributed by atoms with van der Waals surface area (Å²) in [6, 6.07) is 0. The van der Waals surface area contributed by atoms with E-state index < -0.39 is 10.0 Å². The van der Waals surface area contributed by atoms with Gasteiger partial charge in [-0.3, -0.25) is 0 Å². The van der Waals surface area contributed by atoms with E-state index in [0.29, 0.717) is 12.6 Å². The standard InChI is InChI=1S/C15H30N4OS/c1-13(2)14-16-15(18-8-6-7-9-18)19(17-14)12-20-10-11-21(3,4)5/h13H,6-12H2,1-5H3. The number of hydrogen-bond donors (Lipinski definition) is 0. The highest BCUT2D eigenvalue weighted by Gasteiger charge is 2.21. The normalized spacial score (nSPS) is 17.0. The molecule has 0 spiro atoms. The molecule has 1 aliphatic rings. The molecule has 1 aromatic rings. The molecule has 21 heavy (non-hydrogen) atoms. The van der Waals surface area contributed by atoms with Gasteiger partial charge in [0.05, 0.1) is 6.61 Å². The summed E-state index contributed by atoms with van der Waals surface area (Å²) in [5.74, 6) is 3.39. The molecule has 1 saturated heterocycles. The predicted octanol–water partition coefficient (Wildman–Crippen LogP) is 2.67. The molecule has 2 heterocycles. The molecule has 0 bridgehead atoms. The Morgan fingerprint density at radius 2 is 1.86 bits per heavy atom. The molecule has 1 aliphatic heterocycles. The number of nitrogens with zero attached hydrogens (tertiary/aromatic N) is 4. The maximum atomic E-state index is 5.84. The Labute approximate surface area is 130 Å². The van der Waals surface area contributed by atoms with Crippen LogP contribution >= 0.6 is 10.0 Å². The first-order valence-corrected chi connectivity index (χ1v) is 10.8. The Kier molecular flexibility index (Phi) is 5.54. The predicted molar refractivity (Wildman–Crippen MR) is 91.7 cm³/mol. The molecule has 1 aromatic heterocycles. The minimum absolute atomic E-state index is 0.353. The maximum Gasteiger partial charge on any atom is 0.226 e. The molecular weight excluding hydrogens is 284 g/mol. The van der Waals surface area contributed by atoms with Crippen LogP contribution in [-0.4, -0.2) is 59.0 Å². The van der Waals surface area contributed by atoms with E-state index in [-0.39, 0.29) is 0 Å². The fourth-order valence-corrected chi connectivity index (χ4v) is 2.91. The maximum absolute atomic E-state index is 5.84. The summed E-state index contributed by atoms with van der Waals surface area (Å²) < 4.78 is 7.79. The molecule has 0 aromatic carbocycles. The zero-order valence-corrected chi connectivity index (χ0v) is 14.9. The van der Waals surface area contributed by atoms with E-state index in [1.54, 1.807) is 0 Å². The summed E-state index contributed by atoms with van der Waals surface area (Å²) in [7, 11) is -0.493. The van der Waals surface area contributed by atoms with Crippen molar-refractivity contribution in [2.45, 2.75) is 39.3 Å². The van der Waals surface area contributed by atoms with Crippen LogP contribution in [0.3, 0.4) is 0 Å². The highest BCUT2D eigenvalue weighted by atomic mass is 32.3. The van der Waals surface area contributed by atoms with Crippen LogP contribution in [0.15, 0.2) is 0 Å². The van der Waals surface area contributed by atoms with Gasteiger partial charge in [0.25, 0.3) is 0 Å². The summed E-state index contributed by atoms with van der Waals surface area (Å²) in [6.45, 7) is 7.76. The van der Waals surface area contributed by atoms with E-state index in [2.05, 4.69) is 42.6 Å². The number of anilines is 1. The summed E-state index contributed by atoms with van der Waals surface area (Å²) in [5.41, 5.74) is 0. The van der Waals surface area contributed by atoms with Gasteiger partial charge in [0.15, 0.2) is 5.82 Å². The van der Waals surface area contributed by atoms with Crippen molar-refractivity contribution in [1.82, 2.24) is 14.8 Å². The van der Waals surface area contributed by atoms with Crippen LogP contribution in [-0.2, 0) is 11.5 Å². The van der Waals surface area contributed by atoms with Gasteiger partial charge in [0.1, 0.15) is 6.73 Å². The molecule has 0 atom stereocenters. The smallest absolute Gasteiger partial charge is 0.226 e. The second-order valence-corrected chi connectivity index (χ2v) is 11.5. The van der Waals surface area contributed by atoms with Crippen LogP contribution in [0.4, 0.5) is 5.95 Å². The van der Waals surface area contributed by atoms with E-state index in [1.807, 2.05) is 4.68 Å². The molecule has 0 saturated carbocycles. The molecule has 0 N–H and O–H groups in total. The van der Waals surface area contributed by atoms with Crippen molar-refractivity contribution in [3.05, 3.63) is 5.82 Å². The lowest BCUT2D eigenvalue weighted by Gasteiger charge is -2.24. The summed E-state index contributed by atoms with van der Waals surface area (Å²) in [4.78, 5) is 7.05. The van der Waals surface area contributed by atoms with Gasteiger partial charge in [-0.2, -0.15) is 10.1 Å². The second-order valence-electron chi connectivity index (χ2n) is 6.95. The minimum atomic E-state index is -0.493. The number of hydrogen-bond acceptors (Lipinski definition) is 4. The van der Waals surface area contributed by atoms with Gasteiger partial charge in [-0.15, -0.1) is 0 Å². The third-order valence-electron chi connectivity index (χ3n) is 3.63. The van der Waals surface area contributed by atoms with Gasteiger partial charge >= 0.3 is 0 Å². The summed E-state index contributed by atoms with van der Waals surface area (Å²) in [5, 5.41) is 4.63. The summed E-state index contributed by atoms with van der Waals surface area (Å²) in [6.07, 6.45) is 9.45. The van der Waals surface area contributed by atoms with Gasteiger partial charge in [0, 0.05) is 24.8 Å². The molecule has 0 radical (unpaired) electrons. The van der Waals surface area contributed by atoms with Crippen molar-refractivity contribution in [2.75, 3.05) is 49.1 Å². The molecule has 6 heteroatoms. The monoisotopic (exact) mass is 314 g/mol. The topological polar surface area (TPSA) is 43.2 Å². The van der Waals surface area contributed by atoms with E-state index in [4.69, 9.17) is 9.72 Å². The van der Waals surface area contributed by atoms with Gasteiger partial charge in [-0.05, 0) is 31.6 Å². The first-order valence-electron chi connectivity index (χ1n) is 7.80. The van der Waals surface area contributed by atoms with Crippen LogP contribution in [0.5, 0.6) is 0 Å². The van der Waals surface area contributed by atoms with E-state index in [0.717, 1.165) is 37.2 Å². The van der Waals surface area contributed by atoms with Crippen molar-refractivity contribution >= 4 is 16.0 Å². The molecule has 122 valence electrons. The van der Waals surface area contributed by atoms with Crippen molar-refractivity contribution in [2.24, 2.45) is 0 Å². The van der Waals surface area contributed by atoms with Crippen molar-refractivity contribution in [3.63, 3.8) is 0 Å². The molecule has 0 amide bonds. The lowest BCUT2D eigenvalue weighted by Crippen LogP contribution is -2.23. The quantitative estimate of drug-likeness (QED) is 0.726. The van der Waals surface area contributed by atoms with Gasteiger partial charge in [-0.25, -0.2) is 14.7 Å². The minimum Gasteiger partial charge on any atom is -0.358 e. The van der Waals surface area contributed by atoms with Crippen LogP contribution in [0.2, 0.25) is 0 Å². The highest BCUT2D eigenvalue weighted by molar-refractivity contribution is 8.32. The fourth-order valence-electron chi connectivity index (χ4n) is 2.29. The van der Waals surface area contributed by atoms with Crippen molar-refractivity contribution in [1.29, 1.82) is 0 Å². The van der Waals surface area contributed by atoms with Gasteiger partial charge in [0.2, 0.25) is 5.95 Å². The largest absolute Gasteiger partial charge is 0.358 e. The third-order valence-corrected chi connectivity index (χ3v) is 5.02. The van der Waals surface area contributed by atoms with Gasteiger partial charge < -0.3 is 9.64 Å².